The van der Waals surface area contributed by atoms with Crippen LogP contribution in [-0.4, -0.2) is 28.1 Å². The minimum absolute atomic E-state index is 0.184. The Morgan fingerprint density at radius 2 is 1.29 bits per heavy atom. The number of rotatable bonds is 7. The fourth-order valence-electron chi connectivity index (χ4n) is 3.89. The molecule has 7 heteroatoms. The van der Waals surface area contributed by atoms with Crippen LogP contribution in [0, 0.1) is 0 Å². The molecule has 0 saturated heterocycles. The normalized spacial score (nSPS) is 11.6. The molecule has 7 nitrogen and oxygen atoms in total. The lowest BCUT2D eigenvalue weighted by Crippen LogP contribution is -2.47. The summed E-state index contributed by atoms with van der Waals surface area (Å²) < 4.78 is 0. The fourth-order valence-corrected chi connectivity index (χ4v) is 3.89. The number of benzene rings is 3. The van der Waals surface area contributed by atoms with E-state index >= 15 is 0 Å². The molecular weight excluding hydrogens is 430 g/mol. The molecule has 0 aliphatic heterocycles. The van der Waals surface area contributed by atoms with Gasteiger partial charge in [-0.3, -0.25) is 9.59 Å². The Balaban J connectivity index is 1.62. The number of hydrogen-bond donors (Lipinski definition) is 4. The maximum absolute atomic E-state index is 13.4. The van der Waals surface area contributed by atoms with Gasteiger partial charge in [-0.1, -0.05) is 72.8 Å². The van der Waals surface area contributed by atoms with Crippen LogP contribution in [0.1, 0.15) is 17.0 Å². The molecule has 0 unspecified atom stereocenters. The van der Waals surface area contributed by atoms with Gasteiger partial charge in [0.15, 0.2) is 0 Å². The quantitative estimate of drug-likeness (QED) is 0.331. The van der Waals surface area contributed by atoms with Crippen LogP contribution >= 0.6 is 0 Å². The van der Waals surface area contributed by atoms with Gasteiger partial charge in [-0.25, -0.2) is 4.79 Å². The van der Waals surface area contributed by atoms with Gasteiger partial charge in [-0.05, 0) is 40.5 Å². The molecule has 1 aromatic heterocycles. The van der Waals surface area contributed by atoms with Gasteiger partial charge in [-0.15, -0.1) is 0 Å². The minimum atomic E-state index is -1.29. The number of hydrogen-bond acceptors (Lipinski definition) is 3. The highest BCUT2D eigenvalue weighted by Crippen LogP contribution is 2.29. The Kier molecular flexibility index (Phi) is 6.84. The molecule has 2 amide bonds. The number of carbonyl (C=O) groups excluding carboxylic acids is 1. The summed E-state index contributed by atoms with van der Waals surface area (Å²) in [5.41, 5.74) is 3.66. The molecule has 4 rings (SSSR count). The highest BCUT2D eigenvalue weighted by Gasteiger charge is 2.32. The Hall–Kier alpha value is -4.65. The van der Waals surface area contributed by atoms with E-state index in [1.165, 1.54) is 6.07 Å². The third-order valence-corrected chi connectivity index (χ3v) is 5.48. The lowest BCUT2D eigenvalue weighted by Gasteiger charge is -2.27. The largest absolute Gasteiger partial charge is 0.465 e. The molecule has 0 radical (unpaired) electrons. The zero-order chi connectivity index (χ0) is 23.9. The van der Waals surface area contributed by atoms with E-state index in [1.54, 1.807) is 24.4 Å². The van der Waals surface area contributed by atoms with Crippen molar-refractivity contribution in [2.24, 2.45) is 0 Å². The Bertz CT molecular complexity index is 1260. The number of aromatic amines is 1. The third-order valence-electron chi connectivity index (χ3n) is 5.48. The van der Waals surface area contributed by atoms with Crippen molar-refractivity contribution in [3.63, 3.8) is 0 Å². The summed E-state index contributed by atoms with van der Waals surface area (Å²) in [6.07, 6.45) is 0.331. The SMILES string of the molecule is O=C(O)N[C@H](C(=O)Nc1ccc(-c2ccc(=O)[nH]c2)cc1)C(c1ccccc1)c1ccccc1. The van der Waals surface area contributed by atoms with Crippen molar-refractivity contribution in [3.05, 3.63) is 125 Å². The Morgan fingerprint density at radius 1 is 0.735 bits per heavy atom. The number of carboxylic acid groups (broad SMARTS) is 1. The first kappa shape index (κ1) is 22.5. The van der Waals surface area contributed by atoms with Crippen molar-refractivity contribution in [1.29, 1.82) is 0 Å². The van der Waals surface area contributed by atoms with Crippen molar-refractivity contribution in [1.82, 2.24) is 10.3 Å². The molecule has 0 aliphatic carbocycles. The highest BCUT2D eigenvalue weighted by molar-refractivity contribution is 5.97. The highest BCUT2D eigenvalue weighted by atomic mass is 16.4. The van der Waals surface area contributed by atoms with Crippen LogP contribution in [0.3, 0.4) is 0 Å². The van der Waals surface area contributed by atoms with E-state index < -0.39 is 24.0 Å². The number of carbonyl (C=O) groups is 2. The summed E-state index contributed by atoms with van der Waals surface area (Å²) in [5.74, 6) is -1.00. The molecule has 34 heavy (non-hydrogen) atoms. The van der Waals surface area contributed by atoms with E-state index in [0.29, 0.717) is 5.69 Å². The summed E-state index contributed by atoms with van der Waals surface area (Å²) in [6, 6.07) is 27.9. The molecule has 0 bridgehead atoms. The summed E-state index contributed by atoms with van der Waals surface area (Å²) in [5, 5.41) is 14.8. The summed E-state index contributed by atoms with van der Waals surface area (Å²) >= 11 is 0. The number of pyridine rings is 1. The fraction of sp³-hybridized carbons (Fsp3) is 0.0741. The average molecular weight is 453 g/mol. The second-order valence-corrected chi connectivity index (χ2v) is 7.73. The number of amides is 2. The van der Waals surface area contributed by atoms with Gasteiger partial charge in [0.25, 0.3) is 0 Å². The Morgan fingerprint density at radius 3 is 1.79 bits per heavy atom. The smallest absolute Gasteiger partial charge is 0.405 e. The molecule has 3 aromatic carbocycles. The second-order valence-electron chi connectivity index (χ2n) is 7.73. The first-order valence-electron chi connectivity index (χ1n) is 10.7. The van der Waals surface area contributed by atoms with Crippen LogP contribution in [0.5, 0.6) is 0 Å². The summed E-state index contributed by atoms with van der Waals surface area (Å²) in [6.45, 7) is 0. The van der Waals surface area contributed by atoms with E-state index in [9.17, 15) is 19.5 Å². The Labute approximate surface area is 196 Å². The van der Waals surface area contributed by atoms with Gasteiger partial charge in [0.05, 0.1) is 0 Å². The van der Waals surface area contributed by atoms with Crippen LogP contribution in [0.2, 0.25) is 0 Å². The lowest BCUT2D eigenvalue weighted by atomic mass is 9.84. The molecule has 4 N–H and O–H groups in total. The number of aromatic nitrogens is 1. The van der Waals surface area contributed by atoms with Crippen molar-refractivity contribution in [3.8, 4) is 11.1 Å². The van der Waals surface area contributed by atoms with Crippen LogP contribution in [0.4, 0.5) is 10.5 Å². The molecule has 0 fully saturated rings. The number of H-pyrrole nitrogens is 1. The monoisotopic (exact) mass is 453 g/mol. The van der Waals surface area contributed by atoms with Crippen LogP contribution in [0.15, 0.2) is 108 Å². The zero-order valence-corrected chi connectivity index (χ0v) is 18.1. The van der Waals surface area contributed by atoms with Gasteiger partial charge in [0.1, 0.15) is 6.04 Å². The van der Waals surface area contributed by atoms with E-state index in [4.69, 9.17) is 0 Å². The van der Waals surface area contributed by atoms with Gasteiger partial charge in [0.2, 0.25) is 11.5 Å². The van der Waals surface area contributed by atoms with E-state index in [0.717, 1.165) is 22.3 Å². The first-order valence-corrected chi connectivity index (χ1v) is 10.7. The molecule has 4 aromatic rings. The van der Waals surface area contributed by atoms with Crippen LogP contribution < -0.4 is 16.2 Å². The van der Waals surface area contributed by atoms with Gasteiger partial charge < -0.3 is 20.7 Å². The van der Waals surface area contributed by atoms with Crippen molar-refractivity contribution in [2.75, 3.05) is 5.32 Å². The molecule has 0 spiro atoms. The average Bonchev–Trinajstić information content (AvgIpc) is 2.86. The number of nitrogens with one attached hydrogen (secondary N) is 3. The predicted octanol–water partition coefficient (Wildman–Crippen LogP) is 4.45. The molecular formula is C27H23N3O4. The maximum atomic E-state index is 13.4. The standard InChI is InChI=1S/C27H23N3O4/c31-23-16-13-21(17-28-23)18-11-14-22(15-12-18)29-26(32)25(30-27(33)34)24(19-7-3-1-4-8-19)20-9-5-2-6-10-20/h1-17,24-25,30H,(H,28,31)(H,29,32)(H,33,34)/t25-/m0/s1. The van der Waals surface area contributed by atoms with Crippen molar-refractivity contribution < 1.29 is 14.7 Å². The molecule has 170 valence electrons. The van der Waals surface area contributed by atoms with Crippen molar-refractivity contribution >= 4 is 17.7 Å². The maximum Gasteiger partial charge on any atom is 0.405 e. The first-order chi connectivity index (χ1) is 16.5. The molecule has 0 saturated carbocycles. The minimum Gasteiger partial charge on any atom is -0.465 e. The summed E-state index contributed by atoms with van der Waals surface area (Å²) in [7, 11) is 0. The second kappa shape index (κ2) is 10.3. The van der Waals surface area contributed by atoms with E-state index in [2.05, 4.69) is 15.6 Å². The summed E-state index contributed by atoms with van der Waals surface area (Å²) in [4.78, 5) is 38.9. The van der Waals surface area contributed by atoms with Crippen LogP contribution in [0.25, 0.3) is 11.1 Å². The lowest BCUT2D eigenvalue weighted by molar-refractivity contribution is -0.118. The predicted molar refractivity (Wildman–Crippen MR) is 131 cm³/mol. The number of anilines is 1. The van der Waals surface area contributed by atoms with Crippen molar-refractivity contribution in [2.45, 2.75) is 12.0 Å². The van der Waals surface area contributed by atoms with E-state index in [1.807, 2.05) is 72.8 Å². The third kappa shape index (κ3) is 5.39. The van der Waals surface area contributed by atoms with Crippen LogP contribution in [-0.2, 0) is 4.79 Å². The van der Waals surface area contributed by atoms with Gasteiger partial charge >= 0.3 is 6.09 Å². The topological polar surface area (TPSA) is 111 Å². The van der Waals surface area contributed by atoms with E-state index in [-0.39, 0.29) is 5.56 Å². The molecule has 1 atom stereocenters. The molecule has 0 aliphatic rings. The molecule has 1 heterocycles. The van der Waals surface area contributed by atoms with Gasteiger partial charge in [0, 0.05) is 23.9 Å². The zero-order valence-electron chi connectivity index (χ0n) is 18.1. The van der Waals surface area contributed by atoms with Gasteiger partial charge in [-0.2, -0.15) is 0 Å².